The van der Waals surface area contributed by atoms with Crippen molar-refractivity contribution in [2.45, 2.75) is 12.1 Å². The molecule has 0 fully saturated rings. The monoisotopic (exact) mass is 204 g/mol. The summed E-state index contributed by atoms with van der Waals surface area (Å²) in [5, 5.41) is 0.629. The second-order valence-electron chi connectivity index (χ2n) is 3.27. The highest BCUT2D eigenvalue weighted by molar-refractivity contribution is 7.80. The van der Waals surface area contributed by atoms with Gasteiger partial charge in [0.05, 0.1) is 22.1 Å². The molecule has 2 heterocycles. The maximum atomic E-state index is 4.34. The molecule has 0 unspecified atom stereocenters. The molecule has 3 aromatic rings. The minimum absolute atomic E-state index is 0.629. The van der Waals surface area contributed by atoms with Crippen molar-refractivity contribution in [1.82, 2.24) is 19.9 Å². The van der Waals surface area contributed by atoms with Gasteiger partial charge in [0, 0.05) is 0 Å². The molecule has 0 aliphatic carbocycles. The van der Waals surface area contributed by atoms with Crippen molar-refractivity contribution in [2.75, 3.05) is 0 Å². The Labute approximate surface area is 85.2 Å². The zero-order valence-electron chi connectivity index (χ0n) is 7.50. The van der Waals surface area contributed by atoms with Crippen LogP contribution in [-0.4, -0.2) is 19.9 Å². The molecular formula is C9H8N4S. The minimum atomic E-state index is 0.629. The highest BCUT2D eigenvalue weighted by Gasteiger charge is 2.04. The maximum absolute atomic E-state index is 4.34. The van der Waals surface area contributed by atoms with Crippen molar-refractivity contribution in [3.63, 3.8) is 0 Å². The number of aryl methyl sites for hydroxylation is 1. The van der Waals surface area contributed by atoms with Gasteiger partial charge >= 0.3 is 0 Å². The number of thiol groups is 1. The van der Waals surface area contributed by atoms with Crippen LogP contribution in [-0.2, 0) is 0 Å². The van der Waals surface area contributed by atoms with Crippen LogP contribution in [0.1, 0.15) is 5.82 Å². The molecule has 0 amide bonds. The molecule has 2 N–H and O–H groups in total. The van der Waals surface area contributed by atoms with Crippen LogP contribution in [0.25, 0.3) is 22.1 Å². The molecule has 2 aromatic heterocycles. The van der Waals surface area contributed by atoms with E-state index in [1.807, 2.05) is 19.1 Å². The smallest absolute Gasteiger partial charge is 0.163 e. The molecule has 0 radical (unpaired) electrons. The van der Waals surface area contributed by atoms with Crippen molar-refractivity contribution in [3.8, 4) is 0 Å². The normalized spacial score (nSPS) is 11.6. The van der Waals surface area contributed by atoms with E-state index in [4.69, 9.17) is 0 Å². The molecule has 0 saturated heterocycles. The number of aromatic amines is 2. The van der Waals surface area contributed by atoms with Gasteiger partial charge in [-0.1, -0.05) is 0 Å². The van der Waals surface area contributed by atoms with Gasteiger partial charge in [0.2, 0.25) is 0 Å². The first kappa shape index (κ1) is 7.87. The number of nitrogens with one attached hydrogen (secondary N) is 2. The highest BCUT2D eigenvalue weighted by Crippen LogP contribution is 2.20. The van der Waals surface area contributed by atoms with Crippen LogP contribution in [0.3, 0.4) is 0 Å². The number of hydrogen-bond donors (Lipinski definition) is 3. The lowest BCUT2D eigenvalue weighted by molar-refractivity contribution is 1.09. The molecule has 14 heavy (non-hydrogen) atoms. The Morgan fingerprint density at radius 1 is 1.07 bits per heavy atom. The molecule has 3 rings (SSSR count). The molecular weight excluding hydrogens is 196 g/mol. The fraction of sp³-hybridized carbons (Fsp3) is 0.111. The lowest BCUT2D eigenvalue weighted by Gasteiger charge is -1.87. The zero-order valence-corrected chi connectivity index (χ0v) is 8.39. The van der Waals surface area contributed by atoms with Gasteiger partial charge in [-0.25, -0.2) is 9.97 Å². The zero-order chi connectivity index (χ0) is 9.71. The third-order valence-corrected chi connectivity index (χ3v) is 2.40. The highest BCUT2D eigenvalue weighted by atomic mass is 32.1. The summed E-state index contributed by atoms with van der Waals surface area (Å²) in [6.45, 7) is 1.94. The second-order valence-corrected chi connectivity index (χ2v) is 3.69. The molecule has 70 valence electrons. The van der Waals surface area contributed by atoms with Gasteiger partial charge in [-0.3, -0.25) is 0 Å². The Kier molecular flexibility index (Phi) is 1.41. The van der Waals surface area contributed by atoms with E-state index in [2.05, 4.69) is 32.6 Å². The first-order chi connectivity index (χ1) is 6.72. The van der Waals surface area contributed by atoms with Gasteiger partial charge in [0.25, 0.3) is 0 Å². The number of imidazole rings is 2. The minimum Gasteiger partial charge on any atom is -0.342 e. The van der Waals surface area contributed by atoms with Crippen molar-refractivity contribution in [1.29, 1.82) is 0 Å². The molecule has 0 saturated carbocycles. The Balaban J connectivity index is 2.49. The van der Waals surface area contributed by atoms with Gasteiger partial charge in [0.1, 0.15) is 5.82 Å². The summed E-state index contributed by atoms with van der Waals surface area (Å²) in [5.41, 5.74) is 3.84. The van der Waals surface area contributed by atoms with Crippen molar-refractivity contribution in [3.05, 3.63) is 18.0 Å². The topological polar surface area (TPSA) is 57.4 Å². The first-order valence-corrected chi connectivity index (χ1v) is 4.72. The number of rotatable bonds is 0. The van der Waals surface area contributed by atoms with Gasteiger partial charge in [0.15, 0.2) is 5.16 Å². The number of hydrogen-bond acceptors (Lipinski definition) is 3. The van der Waals surface area contributed by atoms with Crippen molar-refractivity contribution in [2.24, 2.45) is 0 Å². The summed E-state index contributed by atoms with van der Waals surface area (Å²) in [7, 11) is 0. The molecule has 0 aliphatic rings. The molecule has 1 aromatic carbocycles. The average molecular weight is 204 g/mol. The summed E-state index contributed by atoms with van der Waals surface area (Å²) in [5.74, 6) is 0.916. The quantitative estimate of drug-likeness (QED) is 0.491. The second kappa shape index (κ2) is 2.51. The van der Waals surface area contributed by atoms with E-state index in [1.54, 1.807) is 0 Å². The summed E-state index contributed by atoms with van der Waals surface area (Å²) in [4.78, 5) is 14.8. The molecule has 4 nitrogen and oxygen atoms in total. The van der Waals surface area contributed by atoms with Crippen LogP contribution in [0.2, 0.25) is 0 Å². The van der Waals surface area contributed by atoms with Crippen molar-refractivity contribution >= 4 is 34.7 Å². The van der Waals surface area contributed by atoms with E-state index in [0.717, 1.165) is 27.9 Å². The van der Waals surface area contributed by atoms with E-state index < -0.39 is 0 Å². The van der Waals surface area contributed by atoms with Crippen LogP contribution >= 0.6 is 12.6 Å². The largest absolute Gasteiger partial charge is 0.342 e. The summed E-state index contributed by atoms with van der Waals surface area (Å²) >= 11 is 4.15. The Bertz CT molecular complexity index is 519. The molecule has 5 heteroatoms. The van der Waals surface area contributed by atoms with Gasteiger partial charge in [-0.2, -0.15) is 0 Å². The Morgan fingerprint density at radius 3 is 2.50 bits per heavy atom. The third kappa shape index (κ3) is 1.02. The fourth-order valence-electron chi connectivity index (χ4n) is 1.63. The summed E-state index contributed by atoms with van der Waals surface area (Å²) < 4.78 is 0. The van der Waals surface area contributed by atoms with Gasteiger partial charge < -0.3 is 9.97 Å². The van der Waals surface area contributed by atoms with E-state index in [1.165, 1.54) is 0 Å². The van der Waals surface area contributed by atoms with E-state index >= 15 is 0 Å². The summed E-state index contributed by atoms with van der Waals surface area (Å²) in [6.07, 6.45) is 0. The van der Waals surface area contributed by atoms with Crippen LogP contribution in [0.4, 0.5) is 0 Å². The number of aromatic nitrogens is 4. The first-order valence-electron chi connectivity index (χ1n) is 4.27. The Hall–Kier alpha value is -1.49. The summed E-state index contributed by atoms with van der Waals surface area (Å²) in [6, 6.07) is 3.95. The van der Waals surface area contributed by atoms with Gasteiger partial charge in [-0.15, -0.1) is 12.6 Å². The maximum Gasteiger partial charge on any atom is 0.163 e. The molecule has 0 aliphatic heterocycles. The average Bonchev–Trinajstić information content (AvgIpc) is 2.59. The third-order valence-electron chi connectivity index (χ3n) is 2.19. The fourth-order valence-corrected chi connectivity index (χ4v) is 1.86. The molecule has 0 spiro atoms. The van der Waals surface area contributed by atoms with Crippen LogP contribution in [0, 0.1) is 6.92 Å². The predicted molar refractivity (Wildman–Crippen MR) is 57.7 cm³/mol. The lowest BCUT2D eigenvalue weighted by Crippen LogP contribution is -1.71. The van der Waals surface area contributed by atoms with Crippen LogP contribution in [0.15, 0.2) is 17.3 Å². The van der Waals surface area contributed by atoms with Gasteiger partial charge in [-0.05, 0) is 19.1 Å². The van der Waals surface area contributed by atoms with E-state index in [-0.39, 0.29) is 0 Å². The Morgan fingerprint density at radius 2 is 1.71 bits per heavy atom. The van der Waals surface area contributed by atoms with Crippen molar-refractivity contribution < 1.29 is 0 Å². The van der Waals surface area contributed by atoms with Crippen LogP contribution < -0.4 is 0 Å². The number of nitrogens with zero attached hydrogens (tertiary/aromatic N) is 2. The SMILES string of the molecule is Cc1nc2cc3[nH]c(S)nc3cc2[nH]1. The number of benzene rings is 1. The number of fused-ring (bicyclic) bond motifs is 2. The molecule has 0 atom stereocenters. The predicted octanol–water partition coefficient (Wildman–Crippen LogP) is 2.04. The van der Waals surface area contributed by atoms with E-state index in [9.17, 15) is 0 Å². The van der Waals surface area contributed by atoms with E-state index in [0.29, 0.717) is 5.16 Å². The lowest BCUT2D eigenvalue weighted by atomic mass is 10.3. The van der Waals surface area contributed by atoms with Crippen LogP contribution in [0.5, 0.6) is 0 Å². The standard InChI is InChI=1S/C9H8N4S/c1-4-10-5-2-7-8(3-6(5)11-4)13-9(14)12-7/h2-3H,1H3,(H,10,11)(H2,12,13,14). The molecule has 0 bridgehead atoms. The number of H-pyrrole nitrogens is 2.